The number of nitroso groups, excluding NO2 is 1. The average molecular weight is 181 g/mol. The highest BCUT2D eigenvalue weighted by Gasteiger charge is 2.36. The first-order valence-electron chi connectivity index (χ1n) is 5.67. The molecule has 0 aromatic heterocycles. The second-order valence-corrected chi connectivity index (χ2v) is 4.90. The van der Waals surface area contributed by atoms with Crippen molar-refractivity contribution in [2.24, 2.45) is 10.6 Å². The zero-order valence-electron chi connectivity index (χ0n) is 8.30. The number of hydrogen-bond donors (Lipinski definition) is 0. The van der Waals surface area contributed by atoms with E-state index in [0.717, 1.165) is 12.8 Å². The van der Waals surface area contributed by atoms with Gasteiger partial charge < -0.3 is 0 Å². The van der Waals surface area contributed by atoms with Crippen LogP contribution in [-0.2, 0) is 0 Å². The van der Waals surface area contributed by atoms with Crippen LogP contribution in [0, 0.1) is 10.3 Å². The summed E-state index contributed by atoms with van der Waals surface area (Å²) in [6.07, 6.45) is 11.7. The third-order valence-electron chi connectivity index (χ3n) is 4.08. The van der Waals surface area contributed by atoms with Crippen LogP contribution < -0.4 is 0 Å². The average Bonchev–Trinajstić information content (AvgIpc) is 2.20. The molecule has 0 N–H and O–H groups in total. The lowest BCUT2D eigenvalue weighted by Gasteiger charge is -2.41. The van der Waals surface area contributed by atoms with Gasteiger partial charge in [-0.3, -0.25) is 0 Å². The summed E-state index contributed by atoms with van der Waals surface area (Å²) in [6, 6.07) is 0.146. The molecule has 2 aliphatic rings. The topological polar surface area (TPSA) is 29.4 Å². The minimum Gasteiger partial charge on any atom is -0.151 e. The lowest BCUT2D eigenvalue weighted by Crippen LogP contribution is -2.30. The van der Waals surface area contributed by atoms with Crippen molar-refractivity contribution in [3.8, 4) is 0 Å². The van der Waals surface area contributed by atoms with E-state index in [2.05, 4.69) is 5.18 Å². The van der Waals surface area contributed by atoms with Crippen LogP contribution >= 0.6 is 0 Å². The molecule has 2 aliphatic carbocycles. The van der Waals surface area contributed by atoms with Gasteiger partial charge in [-0.25, -0.2) is 0 Å². The summed E-state index contributed by atoms with van der Waals surface area (Å²) in [5.74, 6) is 0. The van der Waals surface area contributed by atoms with E-state index in [1.54, 1.807) is 0 Å². The van der Waals surface area contributed by atoms with Crippen LogP contribution in [0.25, 0.3) is 0 Å². The molecule has 13 heavy (non-hydrogen) atoms. The summed E-state index contributed by atoms with van der Waals surface area (Å²) < 4.78 is 0. The van der Waals surface area contributed by atoms with E-state index in [4.69, 9.17) is 0 Å². The fourth-order valence-electron chi connectivity index (χ4n) is 3.12. The van der Waals surface area contributed by atoms with Gasteiger partial charge in [0, 0.05) is 0 Å². The fraction of sp³-hybridized carbons (Fsp3) is 1.00. The predicted octanol–water partition coefficient (Wildman–Crippen LogP) is 3.65. The largest absolute Gasteiger partial charge is 0.151 e. The molecule has 0 aromatic carbocycles. The van der Waals surface area contributed by atoms with Gasteiger partial charge in [0.1, 0.15) is 0 Å². The SMILES string of the molecule is O=NC1CCC2(CCCCC2)CC1. The minimum absolute atomic E-state index is 0.146. The zero-order chi connectivity index (χ0) is 9.15. The van der Waals surface area contributed by atoms with Crippen LogP contribution in [0.15, 0.2) is 5.18 Å². The van der Waals surface area contributed by atoms with E-state index < -0.39 is 0 Å². The Kier molecular flexibility index (Phi) is 2.66. The van der Waals surface area contributed by atoms with Crippen molar-refractivity contribution >= 4 is 0 Å². The van der Waals surface area contributed by atoms with Crippen molar-refractivity contribution in [1.29, 1.82) is 0 Å². The quantitative estimate of drug-likeness (QED) is 0.568. The minimum atomic E-state index is 0.146. The summed E-state index contributed by atoms with van der Waals surface area (Å²) in [5, 5.41) is 3.18. The molecule has 2 rings (SSSR count). The molecule has 2 fully saturated rings. The van der Waals surface area contributed by atoms with Crippen molar-refractivity contribution in [2.45, 2.75) is 63.8 Å². The standard InChI is InChI=1S/C11H19NO/c13-12-10-4-8-11(9-5-10)6-2-1-3-7-11/h10H,1-9H2. The highest BCUT2D eigenvalue weighted by atomic mass is 16.3. The second-order valence-electron chi connectivity index (χ2n) is 4.90. The molecule has 0 bridgehead atoms. The van der Waals surface area contributed by atoms with Gasteiger partial charge in [-0.1, -0.05) is 24.4 Å². The molecule has 0 amide bonds. The second kappa shape index (κ2) is 3.77. The molecule has 2 heteroatoms. The van der Waals surface area contributed by atoms with Gasteiger partial charge in [-0.05, 0) is 43.9 Å². The van der Waals surface area contributed by atoms with Gasteiger partial charge in [-0.2, -0.15) is 4.91 Å². The molecule has 74 valence electrons. The van der Waals surface area contributed by atoms with Gasteiger partial charge in [0.15, 0.2) is 0 Å². The van der Waals surface area contributed by atoms with Crippen molar-refractivity contribution in [3.05, 3.63) is 4.91 Å². The molecule has 0 heterocycles. The Morgan fingerprint density at radius 2 is 1.54 bits per heavy atom. The van der Waals surface area contributed by atoms with Crippen molar-refractivity contribution in [1.82, 2.24) is 0 Å². The van der Waals surface area contributed by atoms with Gasteiger partial charge in [0.2, 0.25) is 0 Å². The molecule has 1 spiro atoms. The van der Waals surface area contributed by atoms with E-state index >= 15 is 0 Å². The van der Waals surface area contributed by atoms with Crippen LogP contribution in [-0.4, -0.2) is 6.04 Å². The van der Waals surface area contributed by atoms with Gasteiger partial charge in [0.05, 0.1) is 6.04 Å². The fourth-order valence-corrected chi connectivity index (χ4v) is 3.12. The van der Waals surface area contributed by atoms with E-state index in [9.17, 15) is 4.91 Å². The molecule has 0 aliphatic heterocycles. The summed E-state index contributed by atoms with van der Waals surface area (Å²) in [6.45, 7) is 0. The van der Waals surface area contributed by atoms with Gasteiger partial charge >= 0.3 is 0 Å². The van der Waals surface area contributed by atoms with Crippen molar-refractivity contribution in [2.75, 3.05) is 0 Å². The number of rotatable bonds is 1. The van der Waals surface area contributed by atoms with Crippen molar-refractivity contribution < 1.29 is 0 Å². The van der Waals surface area contributed by atoms with Crippen LogP contribution in [0.1, 0.15) is 57.8 Å². The Morgan fingerprint density at radius 1 is 0.923 bits per heavy atom. The smallest absolute Gasteiger partial charge is 0.0920 e. The lowest BCUT2D eigenvalue weighted by atomic mass is 9.64. The Labute approximate surface area is 80.1 Å². The first-order chi connectivity index (χ1) is 6.35. The summed E-state index contributed by atoms with van der Waals surface area (Å²) in [7, 11) is 0. The highest BCUT2D eigenvalue weighted by molar-refractivity contribution is 4.89. The molecule has 0 saturated heterocycles. The molecule has 0 aromatic rings. The van der Waals surface area contributed by atoms with E-state index in [-0.39, 0.29) is 6.04 Å². The summed E-state index contributed by atoms with van der Waals surface area (Å²) in [4.78, 5) is 10.4. The van der Waals surface area contributed by atoms with Gasteiger partial charge in [-0.15, -0.1) is 0 Å². The van der Waals surface area contributed by atoms with E-state index in [1.807, 2.05) is 0 Å². The third kappa shape index (κ3) is 1.92. The normalized spacial score (nSPS) is 28.9. The van der Waals surface area contributed by atoms with Crippen molar-refractivity contribution in [3.63, 3.8) is 0 Å². The summed E-state index contributed by atoms with van der Waals surface area (Å²) in [5.41, 5.74) is 0.638. The Balaban J connectivity index is 1.91. The molecule has 0 unspecified atom stereocenters. The van der Waals surface area contributed by atoms with Crippen LogP contribution in [0.2, 0.25) is 0 Å². The van der Waals surface area contributed by atoms with E-state index in [1.165, 1.54) is 44.9 Å². The molecular weight excluding hydrogens is 162 g/mol. The maximum atomic E-state index is 10.4. The maximum absolute atomic E-state index is 10.4. The first kappa shape index (κ1) is 9.17. The molecule has 0 atom stereocenters. The number of nitrogens with zero attached hydrogens (tertiary/aromatic N) is 1. The molecule has 0 radical (unpaired) electrons. The van der Waals surface area contributed by atoms with Gasteiger partial charge in [0.25, 0.3) is 0 Å². The lowest BCUT2D eigenvalue weighted by molar-refractivity contribution is 0.115. The summed E-state index contributed by atoms with van der Waals surface area (Å²) >= 11 is 0. The third-order valence-corrected chi connectivity index (χ3v) is 4.08. The molecule has 2 nitrogen and oxygen atoms in total. The highest BCUT2D eigenvalue weighted by Crippen LogP contribution is 2.47. The first-order valence-corrected chi connectivity index (χ1v) is 5.67. The van der Waals surface area contributed by atoms with Crippen LogP contribution in [0.4, 0.5) is 0 Å². The van der Waals surface area contributed by atoms with Crippen LogP contribution in [0.3, 0.4) is 0 Å². The number of hydrogen-bond acceptors (Lipinski definition) is 2. The maximum Gasteiger partial charge on any atom is 0.0920 e. The monoisotopic (exact) mass is 181 g/mol. The Hall–Kier alpha value is -0.400. The molecule has 2 saturated carbocycles. The predicted molar refractivity (Wildman–Crippen MR) is 53.6 cm³/mol. The van der Waals surface area contributed by atoms with Crippen LogP contribution in [0.5, 0.6) is 0 Å². The Morgan fingerprint density at radius 3 is 2.08 bits per heavy atom. The van der Waals surface area contributed by atoms with E-state index in [0.29, 0.717) is 5.41 Å². The Bertz CT molecular complexity index is 175. The molecular formula is C11H19NO. The zero-order valence-corrected chi connectivity index (χ0v) is 8.30.